The molecule has 0 aliphatic carbocycles. The second-order valence-electron chi connectivity index (χ2n) is 16.0. The number of terminal acetylenes is 1. The third-order valence-corrected chi connectivity index (χ3v) is 10.8. The molecule has 0 N–H and O–H groups in total. The van der Waals surface area contributed by atoms with Crippen LogP contribution in [0.15, 0.2) is 84.6 Å². The van der Waals surface area contributed by atoms with Gasteiger partial charge in [0.1, 0.15) is 0 Å². The Morgan fingerprint density at radius 1 is 0.531 bits per heavy atom. The second kappa shape index (κ2) is 28.7. The summed E-state index contributed by atoms with van der Waals surface area (Å²) in [5, 5.41) is 0. The Kier molecular flexibility index (Phi) is 22.7. The largest absolute Gasteiger partial charge is 0.344 e. The van der Waals surface area contributed by atoms with Crippen molar-refractivity contribution < 1.29 is 36.0 Å². The molecule has 2 heteroatoms. The summed E-state index contributed by atoms with van der Waals surface area (Å²) in [6.45, 7) is 12.5. The first-order valence-electron chi connectivity index (χ1n) is 22.0. The molecule has 4 rings (SSSR count). The van der Waals surface area contributed by atoms with Crippen LogP contribution >= 0.6 is 0 Å². The second-order valence-corrected chi connectivity index (χ2v) is 16.0. The molecule has 2 nitrogen and oxygen atoms in total. The highest BCUT2D eigenvalue weighted by atomic mass is 15.2. The van der Waals surface area contributed by atoms with E-state index in [0.717, 1.165) is 17.9 Å². The van der Waals surface area contributed by atoms with Gasteiger partial charge in [0.25, 0.3) is 0 Å². The van der Waals surface area contributed by atoms with Gasteiger partial charge < -0.3 is 4.90 Å². The summed E-state index contributed by atoms with van der Waals surface area (Å²) in [7, 11) is 0. The number of rotatable bonds is 16. The molecule has 0 spiro atoms. The minimum absolute atomic E-state index is 0. The minimum atomic E-state index is -0.253. The molecule has 64 heavy (non-hydrogen) atoms. The fourth-order valence-electron chi connectivity index (χ4n) is 7.65. The predicted octanol–water partition coefficient (Wildman–Crippen LogP) is 17.2. The Morgan fingerprint density at radius 3 is 1.52 bits per heavy atom. The number of para-hydroxylation sites is 2. The standard InChI is InChI=1S/C61H55N2.CH4.22H2/c1-7-9-11-13-15-17-19-21-22-23-24-25-26-27-28-30-32-34-36-45-53-63-57-49-43-41-47-55(57)61(5,6)59(63)51-39-37-38-50-58-60(3,4)54-46-40-42-48-56(54)62(58)52-44-35-33-31-29-20-18-16-14-12-10-8-2;;;;;;;;;;;;;;;;;;;;;;;/h1,37-43,46-51H,8,10,12,14,16,18,20,29,31,33,35,44,52H2,2-6H3;1H4;22*1H/q+1;;;;;;;;;;;;;;;;;;;;;;;. The van der Waals surface area contributed by atoms with E-state index in [-0.39, 0.29) is 49.6 Å². The molecule has 360 valence electrons. The summed E-state index contributed by atoms with van der Waals surface area (Å²) in [6.07, 6.45) is 32.1. The molecule has 2 aromatic carbocycles. The van der Waals surface area contributed by atoms with Gasteiger partial charge in [0, 0.05) is 138 Å². The lowest BCUT2D eigenvalue weighted by molar-refractivity contribution is -0.332. The molecule has 0 fully saturated rings. The monoisotopic (exact) mass is 876 g/mol. The molecular formula is C62H103N2+. The van der Waals surface area contributed by atoms with Gasteiger partial charge in [-0.25, -0.2) is 0 Å². The van der Waals surface area contributed by atoms with Gasteiger partial charge in [-0.3, -0.25) is 0 Å². The normalized spacial score (nSPS) is 13.2. The molecule has 2 aliphatic heterocycles. The third kappa shape index (κ3) is 16.0. The van der Waals surface area contributed by atoms with Gasteiger partial charge in [-0.05, 0) is 85.3 Å². The van der Waals surface area contributed by atoms with Crippen molar-refractivity contribution >= 4 is 17.1 Å². The average Bonchev–Trinajstić information content (AvgIpc) is 3.63. The van der Waals surface area contributed by atoms with E-state index in [1.165, 1.54) is 99.6 Å². The molecular weight excluding hydrogens is 773 g/mol. The van der Waals surface area contributed by atoms with Crippen molar-refractivity contribution in [3.63, 3.8) is 0 Å². The van der Waals surface area contributed by atoms with Crippen LogP contribution in [-0.4, -0.2) is 16.8 Å². The minimum Gasteiger partial charge on any atom is -0.344 e. The van der Waals surface area contributed by atoms with Crippen molar-refractivity contribution in [3.8, 4) is 131 Å². The number of anilines is 1. The third-order valence-electron chi connectivity index (χ3n) is 10.8. The summed E-state index contributed by atoms with van der Waals surface area (Å²) < 4.78 is 2.03. The van der Waals surface area contributed by atoms with Crippen molar-refractivity contribution in [2.45, 2.75) is 130 Å². The van der Waals surface area contributed by atoms with Crippen LogP contribution in [0.2, 0.25) is 0 Å². The van der Waals surface area contributed by atoms with E-state index in [4.69, 9.17) is 6.42 Å². The van der Waals surface area contributed by atoms with Crippen LogP contribution in [0.4, 0.5) is 11.4 Å². The molecule has 0 bridgehead atoms. The smallest absolute Gasteiger partial charge is 0.243 e. The van der Waals surface area contributed by atoms with E-state index >= 15 is 0 Å². The number of allylic oxidation sites excluding steroid dienone is 6. The highest BCUT2D eigenvalue weighted by Gasteiger charge is 2.44. The van der Waals surface area contributed by atoms with Crippen molar-refractivity contribution in [1.29, 1.82) is 0 Å². The Bertz CT molecular complexity index is 2860. The van der Waals surface area contributed by atoms with Crippen molar-refractivity contribution in [2.24, 2.45) is 0 Å². The van der Waals surface area contributed by atoms with Crippen LogP contribution in [0.5, 0.6) is 0 Å². The summed E-state index contributed by atoms with van der Waals surface area (Å²) >= 11 is 0. The van der Waals surface area contributed by atoms with Gasteiger partial charge in [0.15, 0.2) is 0 Å². The SMILES string of the molecule is C.C#CC#CC#CC#CC#CC#CC#CC#CC#CC#CC#C[N+]1=C(/C=C/C=C/C=C2/N(CCCCCCCCCCCCCC)c3ccccc3C2(C)C)C(C)(C)c2ccccc21.[HH].[HH].[HH].[HH].[HH].[HH].[HH].[HH].[HH].[HH].[HH].[HH].[HH].[HH].[HH].[HH].[HH].[HH].[HH].[HH].[HH].[HH]. The summed E-state index contributed by atoms with van der Waals surface area (Å²) in [6, 6.07) is 20.6. The van der Waals surface area contributed by atoms with Crippen LogP contribution in [0.1, 0.15) is 162 Å². The molecule has 0 amide bonds. The van der Waals surface area contributed by atoms with E-state index in [9.17, 15) is 0 Å². The van der Waals surface area contributed by atoms with Crippen molar-refractivity contribution in [1.82, 2.24) is 0 Å². The van der Waals surface area contributed by atoms with Crippen LogP contribution in [0.25, 0.3) is 0 Å². The molecule has 0 unspecified atom stereocenters. The predicted molar refractivity (Wildman–Crippen MR) is 318 cm³/mol. The molecule has 2 aromatic rings. The van der Waals surface area contributed by atoms with Crippen molar-refractivity contribution in [3.05, 3.63) is 95.7 Å². The molecule has 0 saturated carbocycles. The number of fused-ring (bicyclic) bond motifs is 2. The van der Waals surface area contributed by atoms with Gasteiger partial charge in [0.05, 0.1) is 11.3 Å². The van der Waals surface area contributed by atoms with Crippen LogP contribution < -0.4 is 4.90 Å². The molecule has 2 heterocycles. The lowest BCUT2D eigenvalue weighted by Crippen LogP contribution is -2.27. The van der Waals surface area contributed by atoms with E-state index in [1.54, 1.807) is 0 Å². The fourth-order valence-corrected chi connectivity index (χ4v) is 7.65. The molecule has 0 atom stereocenters. The number of hydrogen-bond donors (Lipinski definition) is 0. The summed E-state index contributed by atoms with van der Waals surface area (Å²) in [5.41, 5.74) is 7.09. The zero-order valence-corrected chi connectivity index (χ0v) is 37.7. The molecule has 0 saturated heterocycles. The first-order valence-corrected chi connectivity index (χ1v) is 22.0. The zero-order chi connectivity index (χ0) is 44.9. The van der Waals surface area contributed by atoms with E-state index < -0.39 is 0 Å². The molecule has 0 aromatic heterocycles. The molecule has 0 radical (unpaired) electrons. The van der Waals surface area contributed by atoms with Gasteiger partial charge >= 0.3 is 0 Å². The van der Waals surface area contributed by atoms with Gasteiger partial charge in [-0.1, -0.05) is 153 Å². The van der Waals surface area contributed by atoms with Gasteiger partial charge in [-0.2, -0.15) is 0 Å². The average molecular weight is 877 g/mol. The number of unbranched alkanes of at least 4 members (excludes halogenated alkanes) is 11. The number of benzene rings is 2. The maximum Gasteiger partial charge on any atom is 0.243 e. The van der Waals surface area contributed by atoms with E-state index in [2.05, 4.69) is 237 Å². The quantitative estimate of drug-likeness (QED) is 0.0705. The summed E-state index contributed by atoms with van der Waals surface area (Å²) in [5.74, 6) is 51.6. The lowest BCUT2D eigenvalue weighted by atomic mass is 9.81. The van der Waals surface area contributed by atoms with Crippen LogP contribution in [0.3, 0.4) is 0 Å². The number of nitrogens with zero attached hydrogens (tertiary/aromatic N) is 2. The van der Waals surface area contributed by atoms with Crippen LogP contribution in [0, 0.1) is 131 Å². The first-order chi connectivity index (χ1) is 30.8. The summed E-state index contributed by atoms with van der Waals surface area (Å²) in [4.78, 5) is 2.56. The maximum atomic E-state index is 5.00. The van der Waals surface area contributed by atoms with E-state index in [0.29, 0.717) is 0 Å². The zero-order valence-electron chi connectivity index (χ0n) is 37.7. The Hall–Kier alpha value is -7.71. The first kappa shape index (κ1) is 50.6. The fraction of sp³-hybridized carbons (Fsp3) is 0.339. The van der Waals surface area contributed by atoms with Crippen LogP contribution in [-0.2, 0) is 10.8 Å². The lowest BCUT2D eigenvalue weighted by Gasteiger charge is -2.27. The highest BCUT2D eigenvalue weighted by molar-refractivity contribution is 6.03. The Balaban J connectivity index is -0.000000105. The van der Waals surface area contributed by atoms with E-state index in [1.807, 2.05) is 10.6 Å². The maximum absolute atomic E-state index is 5.00. The molecule has 2 aliphatic rings. The topological polar surface area (TPSA) is 6.25 Å². The van der Waals surface area contributed by atoms with Gasteiger partial charge in [0.2, 0.25) is 17.4 Å². The van der Waals surface area contributed by atoms with Crippen molar-refractivity contribution in [2.75, 3.05) is 11.4 Å². The number of hydrogen-bond acceptors (Lipinski definition) is 1. The highest BCUT2D eigenvalue weighted by Crippen LogP contribution is 2.47. The Morgan fingerprint density at radius 2 is 0.984 bits per heavy atom. The Labute approximate surface area is 420 Å². The van der Waals surface area contributed by atoms with Gasteiger partial charge in [-0.15, -0.1) is 11.0 Å².